The van der Waals surface area contributed by atoms with Crippen molar-refractivity contribution in [2.24, 2.45) is 10.2 Å². The van der Waals surface area contributed by atoms with Crippen LogP contribution in [0.2, 0.25) is 0 Å². The van der Waals surface area contributed by atoms with Crippen LogP contribution in [0.15, 0.2) is 40.6 Å². The Labute approximate surface area is 162 Å². The molecule has 0 unspecified atom stereocenters. The van der Waals surface area contributed by atoms with Gasteiger partial charge in [-0.05, 0) is 65.0 Å². The normalized spacial score (nSPS) is 21.1. The number of methoxy groups -OCH3 is 1. The summed E-state index contributed by atoms with van der Waals surface area (Å²) >= 11 is 0. The second kappa shape index (κ2) is 8.34. The van der Waals surface area contributed by atoms with Crippen LogP contribution < -0.4 is 0 Å². The molecule has 0 spiro atoms. The molecular weight excluding hydrogens is 336 g/mol. The van der Waals surface area contributed by atoms with E-state index in [1.54, 1.807) is 0 Å². The van der Waals surface area contributed by atoms with E-state index in [4.69, 9.17) is 14.9 Å². The molecule has 1 saturated carbocycles. The first kappa shape index (κ1) is 19.7. The third kappa shape index (κ3) is 4.46. The molecule has 1 aliphatic carbocycles. The fourth-order valence-corrected chi connectivity index (χ4v) is 3.87. The van der Waals surface area contributed by atoms with E-state index < -0.39 is 0 Å². The van der Waals surface area contributed by atoms with Gasteiger partial charge in [-0.3, -0.25) is 4.68 Å². The van der Waals surface area contributed by atoms with Crippen molar-refractivity contribution >= 4 is 11.4 Å². The first-order valence-corrected chi connectivity index (χ1v) is 10.1. The highest BCUT2D eigenvalue weighted by molar-refractivity contribution is 5.50. The quantitative estimate of drug-likeness (QED) is 0.582. The molecule has 0 radical (unpaired) electrons. The molecule has 5 heteroatoms. The maximum atomic E-state index is 5.57. The van der Waals surface area contributed by atoms with Crippen LogP contribution in [0.1, 0.15) is 70.7 Å². The molecule has 1 heterocycles. The topological polar surface area (TPSA) is 51.8 Å². The van der Waals surface area contributed by atoms with Crippen molar-refractivity contribution in [1.29, 1.82) is 0 Å². The van der Waals surface area contributed by atoms with E-state index in [0.29, 0.717) is 12.0 Å². The summed E-state index contributed by atoms with van der Waals surface area (Å²) in [5, 5.41) is 14.2. The number of hydrogen-bond acceptors (Lipinski definition) is 4. The minimum Gasteiger partial charge on any atom is -0.381 e. The number of azo groups is 1. The number of hydrogen-bond donors (Lipinski definition) is 0. The highest BCUT2D eigenvalue weighted by Gasteiger charge is 2.32. The Kier molecular flexibility index (Phi) is 6.10. The molecule has 0 saturated heterocycles. The third-order valence-corrected chi connectivity index (χ3v) is 5.35. The van der Waals surface area contributed by atoms with Gasteiger partial charge in [0.1, 0.15) is 5.69 Å². The number of ether oxygens (including phenoxy) is 1. The van der Waals surface area contributed by atoms with Gasteiger partial charge in [-0.2, -0.15) is 10.2 Å². The maximum Gasteiger partial charge on any atom is 0.130 e. The predicted molar refractivity (Wildman–Crippen MR) is 109 cm³/mol. The summed E-state index contributed by atoms with van der Waals surface area (Å²) in [7, 11) is 1.82. The Morgan fingerprint density at radius 3 is 2.30 bits per heavy atom. The summed E-state index contributed by atoms with van der Waals surface area (Å²) in [5.74, 6) is 0.452. The molecule has 146 valence electrons. The Morgan fingerprint density at radius 2 is 1.74 bits per heavy atom. The van der Waals surface area contributed by atoms with Gasteiger partial charge in [-0.1, -0.05) is 25.1 Å². The molecule has 2 aromatic rings. The molecule has 1 fully saturated rings. The van der Waals surface area contributed by atoms with Gasteiger partial charge in [0.15, 0.2) is 0 Å². The van der Waals surface area contributed by atoms with Gasteiger partial charge in [-0.25, -0.2) is 0 Å². The zero-order chi connectivity index (χ0) is 19.4. The van der Waals surface area contributed by atoms with E-state index in [2.05, 4.69) is 37.5 Å². The third-order valence-electron chi connectivity index (χ3n) is 5.35. The Bertz CT molecular complexity index is 766. The largest absolute Gasteiger partial charge is 0.381 e. The lowest BCUT2D eigenvalue weighted by molar-refractivity contribution is 0.0646. The van der Waals surface area contributed by atoms with Crippen molar-refractivity contribution in [3.05, 3.63) is 41.7 Å². The number of rotatable bonds is 5. The van der Waals surface area contributed by atoms with Crippen LogP contribution in [0, 0.1) is 0 Å². The van der Waals surface area contributed by atoms with Gasteiger partial charge in [0.05, 0.1) is 28.7 Å². The van der Waals surface area contributed by atoms with Crippen molar-refractivity contribution in [2.75, 3.05) is 7.11 Å². The second-order valence-electron chi connectivity index (χ2n) is 8.36. The predicted octanol–water partition coefficient (Wildman–Crippen LogP) is 6.29. The zero-order valence-corrected chi connectivity index (χ0v) is 17.3. The van der Waals surface area contributed by atoms with Gasteiger partial charge in [0.25, 0.3) is 0 Å². The summed E-state index contributed by atoms with van der Waals surface area (Å²) in [6.45, 7) is 8.77. The van der Waals surface area contributed by atoms with Crippen molar-refractivity contribution in [3.8, 4) is 0 Å². The van der Waals surface area contributed by atoms with Gasteiger partial charge in [-0.15, -0.1) is 5.11 Å². The molecule has 27 heavy (non-hydrogen) atoms. The van der Waals surface area contributed by atoms with Crippen molar-refractivity contribution < 1.29 is 4.74 Å². The first-order valence-electron chi connectivity index (χ1n) is 10.1. The Hall–Kier alpha value is -2.01. The minimum absolute atomic E-state index is 0.0854. The lowest BCUT2D eigenvalue weighted by atomic mass is 9.84. The second-order valence-corrected chi connectivity index (χ2v) is 8.36. The van der Waals surface area contributed by atoms with Crippen molar-refractivity contribution in [3.63, 3.8) is 0 Å². The van der Waals surface area contributed by atoms with E-state index in [0.717, 1.165) is 49.2 Å². The van der Waals surface area contributed by atoms with E-state index in [1.807, 2.05) is 37.4 Å². The van der Waals surface area contributed by atoms with Crippen LogP contribution in [-0.2, 0) is 16.7 Å². The SMILES string of the molecule is CCc1nn(C(C)(C)C)c(C2CCC(OC)CC2)c1/N=N/c1ccccc1. The minimum atomic E-state index is -0.0854. The average molecular weight is 369 g/mol. The molecule has 0 atom stereocenters. The molecule has 0 bridgehead atoms. The molecule has 3 rings (SSSR count). The van der Waals surface area contributed by atoms with E-state index in [9.17, 15) is 0 Å². The van der Waals surface area contributed by atoms with Crippen LogP contribution in [0.25, 0.3) is 0 Å². The van der Waals surface area contributed by atoms with Crippen molar-refractivity contribution in [2.45, 2.75) is 77.4 Å². The summed E-state index contributed by atoms with van der Waals surface area (Å²) < 4.78 is 7.77. The van der Waals surface area contributed by atoms with Crippen LogP contribution in [-0.4, -0.2) is 23.0 Å². The maximum absolute atomic E-state index is 5.57. The molecular formula is C22H32N4O. The fourth-order valence-electron chi connectivity index (χ4n) is 3.87. The Morgan fingerprint density at radius 1 is 1.07 bits per heavy atom. The van der Waals surface area contributed by atoms with E-state index in [1.165, 1.54) is 5.69 Å². The number of benzene rings is 1. The summed E-state index contributed by atoms with van der Waals surface area (Å²) in [5.41, 5.74) is 4.04. The van der Waals surface area contributed by atoms with Gasteiger partial charge < -0.3 is 4.74 Å². The molecule has 0 N–H and O–H groups in total. The van der Waals surface area contributed by atoms with Crippen LogP contribution in [0.5, 0.6) is 0 Å². The first-order chi connectivity index (χ1) is 12.9. The smallest absolute Gasteiger partial charge is 0.130 e. The number of aryl methyl sites for hydroxylation is 1. The van der Waals surface area contributed by atoms with Gasteiger partial charge in [0, 0.05) is 13.0 Å². The highest BCUT2D eigenvalue weighted by Crippen LogP contribution is 2.42. The molecule has 1 aliphatic rings. The molecule has 1 aromatic carbocycles. The number of nitrogens with zero attached hydrogens (tertiary/aromatic N) is 4. The summed E-state index contributed by atoms with van der Waals surface area (Å²) in [6, 6.07) is 9.93. The molecule has 5 nitrogen and oxygen atoms in total. The van der Waals surface area contributed by atoms with Crippen LogP contribution >= 0.6 is 0 Å². The van der Waals surface area contributed by atoms with Crippen molar-refractivity contribution in [1.82, 2.24) is 9.78 Å². The molecule has 0 aliphatic heterocycles. The van der Waals surface area contributed by atoms with E-state index in [-0.39, 0.29) is 5.54 Å². The lowest BCUT2D eigenvalue weighted by Crippen LogP contribution is -2.28. The highest BCUT2D eigenvalue weighted by atomic mass is 16.5. The average Bonchev–Trinajstić information content (AvgIpc) is 3.06. The molecule has 1 aromatic heterocycles. The van der Waals surface area contributed by atoms with Gasteiger partial charge in [0.2, 0.25) is 0 Å². The standard InChI is InChI=1S/C22H32N4O/c1-6-19-20(24-23-17-10-8-7-9-11-17)21(26(25-19)22(2,3)4)16-12-14-18(27-5)15-13-16/h7-11,16,18H,6,12-15H2,1-5H3/b24-23+. The zero-order valence-electron chi connectivity index (χ0n) is 17.3. The van der Waals surface area contributed by atoms with Crippen LogP contribution in [0.3, 0.4) is 0 Å². The molecule has 0 amide bonds. The monoisotopic (exact) mass is 368 g/mol. The number of aromatic nitrogens is 2. The summed E-state index contributed by atoms with van der Waals surface area (Å²) in [6.07, 6.45) is 5.63. The van der Waals surface area contributed by atoms with Crippen LogP contribution in [0.4, 0.5) is 11.4 Å². The summed E-state index contributed by atoms with van der Waals surface area (Å²) in [4.78, 5) is 0. The lowest BCUT2D eigenvalue weighted by Gasteiger charge is -2.31. The Balaban J connectivity index is 2.02. The van der Waals surface area contributed by atoms with Gasteiger partial charge >= 0.3 is 0 Å². The van der Waals surface area contributed by atoms with E-state index >= 15 is 0 Å². The fraction of sp³-hybridized carbons (Fsp3) is 0.591.